The van der Waals surface area contributed by atoms with Gasteiger partial charge in [0.05, 0.1) is 4.90 Å². The van der Waals surface area contributed by atoms with E-state index in [1.807, 2.05) is 0 Å². The highest BCUT2D eigenvalue weighted by Crippen LogP contribution is 2.16. The molecule has 6 heteroatoms. The van der Waals surface area contributed by atoms with Gasteiger partial charge in [0.15, 0.2) is 0 Å². The summed E-state index contributed by atoms with van der Waals surface area (Å²) in [6.07, 6.45) is 1.12. The van der Waals surface area contributed by atoms with Crippen molar-refractivity contribution in [2.24, 2.45) is 5.14 Å². The van der Waals surface area contributed by atoms with Crippen LogP contribution in [0.1, 0.15) is 24.9 Å². The molecule has 1 aromatic rings. The third-order valence-electron chi connectivity index (χ3n) is 3.25. The van der Waals surface area contributed by atoms with Crippen molar-refractivity contribution in [3.05, 3.63) is 29.8 Å². The Morgan fingerprint density at radius 2 is 2.06 bits per heavy atom. The van der Waals surface area contributed by atoms with Crippen molar-refractivity contribution < 1.29 is 8.42 Å². The molecule has 18 heavy (non-hydrogen) atoms. The Morgan fingerprint density at radius 1 is 1.39 bits per heavy atom. The van der Waals surface area contributed by atoms with E-state index in [0.717, 1.165) is 25.1 Å². The quantitative estimate of drug-likeness (QED) is 0.736. The van der Waals surface area contributed by atoms with Crippen LogP contribution in [-0.2, 0) is 10.0 Å². The van der Waals surface area contributed by atoms with Crippen molar-refractivity contribution >= 4 is 10.0 Å². The number of nitrogens with one attached hydrogen (secondary N) is 2. The zero-order valence-corrected chi connectivity index (χ0v) is 11.2. The molecule has 0 saturated carbocycles. The third-order valence-corrected chi connectivity index (χ3v) is 4.18. The fraction of sp³-hybridized carbons (Fsp3) is 0.500. The lowest BCUT2D eigenvalue weighted by Crippen LogP contribution is -2.33. The van der Waals surface area contributed by atoms with Gasteiger partial charge in [-0.2, -0.15) is 0 Å². The summed E-state index contributed by atoms with van der Waals surface area (Å²) in [4.78, 5) is 0.154. The molecule has 2 unspecified atom stereocenters. The summed E-state index contributed by atoms with van der Waals surface area (Å²) in [5, 5.41) is 11.9. The molecular formula is C12H19N3O2S. The van der Waals surface area contributed by atoms with Gasteiger partial charge in [-0.15, -0.1) is 0 Å². The molecule has 0 spiro atoms. The second-order valence-electron chi connectivity index (χ2n) is 4.69. The van der Waals surface area contributed by atoms with Gasteiger partial charge in [0, 0.05) is 18.6 Å². The molecule has 0 bridgehead atoms. The zero-order chi connectivity index (χ0) is 13.2. The largest absolute Gasteiger partial charge is 0.315 e. The highest BCUT2D eigenvalue weighted by molar-refractivity contribution is 7.89. The monoisotopic (exact) mass is 269 g/mol. The molecule has 5 nitrogen and oxygen atoms in total. The summed E-state index contributed by atoms with van der Waals surface area (Å²) in [5.74, 6) is 0. The first-order chi connectivity index (χ1) is 8.47. The van der Waals surface area contributed by atoms with E-state index in [1.165, 1.54) is 0 Å². The van der Waals surface area contributed by atoms with Crippen molar-refractivity contribution in [1.82, 2.24) is 10.6 Å². The molecule has 0 amide bonds. The van der Waals surface area contributed by atoms with E-state index in [2.05, 4.69) is 17.6 Å². The summed E-state index contributed by atoms with van der Waals surface area (Å²) in [6.45, 7) is 4.11. The number of hydrogen-bond acceptors (Lipinski definition) is 4. The lowest BCUT2D eigenvalue weighted by Gasteiger charge is -2.19. The van der Waals surface area contributed by atoms with Crippen LogP contribution in [0.25, 0.3) is 0 Å². The Hall–Kier alpha value is -0.950. The van der Waals surface area contributed by atoms with Crippen LogP contribution in [-0.4, -0.2) is 27.5 Å². The molecule has 4 N–H and O–H groups in total. The first kappa shape index (κ1) is 13.5. The lowest BCUT2D eigenvalue weighted by atomic mass is 10.1. The average molecular weight is 269 g/mol. The fourth-order valence-corrected chi connectivity index (χ4v) is 2.71. The fourth-order valence-electron chi connectivity index (χ4n) is 2.19. The van der Waals surface area contributed by atoms with Crippen molar-refractivity contribution in [3.8, 4) is 0 Å². The molecule has 1 saturated heterocycles. The van der Waals surface area contributed by atoms with Gasteiger partial charge in [0.1, 0.15) is 0 Å². The average Bonchev–Trinajstić information content (AvgIpc) is 2.81. The Labute approximate surface area is 108 Å². The molecule has 2 atom stereocenters. The summed E-state index contributed by atoms with van der Waals surface area (Å²) < 4.78 is 22.3. The van der Waals surface area contributed by atoms with E-state index < -0.39 is 10.0 Å². The zero-order valence-electron chi connectivity index (χ0n) is 10.4. The molecule has 1 heterocycles. The van der Waals surface area contributed by atoms with E-state index in [-0.39, 0.29) is 10.9 Å². The number of benzene rings is 1. The van der Waals surface area contributed by atoms with Gasteiger partial charge >= 0.3 is 0 Å². The molecular weight excluding hydrogens is 250 g/mol. The second-order valence-corrected chi connectivity index (χ2v) is 6.25. The highest BCUT2D eigenvalue weighted by atomic mass is 32.2. The van der Waals surface area contributed by atoms with Gasteiger partial charge in [0.2, 0.25) is 10.0 Å². The number of hydrogen-bond donors (Lipinski definition) is 3. The summed E-state index contributed by atoms with van der Waals surface area (Å²) >= 11 is 0. The first-order valence-electron chi connectivity index (χ1n) is 6.06. The Morgan fingerprint density at radius 3 is 2.56 bits per heavy atom. The van der Waals surface area contributed by atoms with Gasteiger partial charge in [-0.05, 0) is 37.6 Å². The predicted molar refractivity (Wildman–Crippen MR) is 70.6 cm³/mol. The van der Waals surface area contributed by atoms with Crippen molar-refractivity contribution in [2.45, 2.75) is 30.3 Å². The molecule has 1 aliphatic rings. The number of rotatable bonds is 4. The molecule has 1 aliphatic heterocycles. The van der Waals surface area contributed by atoms with Crippen LogP contribution in [0, 0.1) is 0 Å². The number of sulfonamides is 1. The van der Waals surface area contributed by atoms with E-state index in [9.17, 15) is 8.42 Å². The number of primary sulfonamides is 1. The van der Waals surface area contributed by atoms with Gasteiger partial charge in [-0.25, -0.2) is 13.6 Å². The van der Waals surface area contributed by atoms with Gasteiger partial charge in [0.25, 0.3) is 0 Å². The highest BCUT2D eigenvalue weighted by Gasteiger charge is 2.17. The second kappa shape index (κ2) is 5.36. The van der Waals surface area contributed by atoms with Gasteiger partial charge < -0.3 is 10.6 Å². The van der Waals surface area contributed by atoms with Crippen LogP contribution in [0.4, 0.5) is 0 Å². The Bertz CT molecular complexity index is 493. The minimum atomic E-state index is -3.60. The smallest absolute Gasteiger partial charge is 0.238 e. The van der Waals surface area contributed by atoms with E-state index in [1.54, 1.807) is 24.3 Å². The van der Waals surface area contributed by atoms with Crippen LogP contribution in [0.3, 0.4) is 0 Å². The van der Waals surface area contributed by atoms with Crippen molar-refractivity contribution in [2.75, 3.05) is 13.1 Å². The van der Waals surface area contributed by atoms with Crippen LogP contribution in [0.15, 0.2) is 29.2 Å². The van der Waals surface area contributed by atoms with E-state index >= 15 is 0 Å². The van der Waals surface area contributed by atoms with Crippen LogP contribution < -0.4 is 15.8 Å². The minimum absolute atomic E-state index is 0.154. The van der Waals surface area contributed by atoms with Gasteiger partial charge in [-0.1, -0.05) is 12.1 Å². The maximum Gasteiger partial charge on any atom is 0.238 e. The van der Waals surface area contributed by atoms with E-state index in [4.69, 9.17) is 5.14 Å². The Balaban J connectivity index is 2.04. The Kier molecular flexibility index (Phi) is 4.01. The maximum absolute atomic E-state index is 11.1. The first-order valence-corrected chi connectivity index (χ1v) is 7.61. The summed E-state index contributed by atoms with van der Waals surface area (Å²) in [6, 6.07) is 7.40. The van der Waals surface area contributed by atoms with Crippen LogP contribution >= 0.6 is 0 Å². The molecule has 0 radical (unpaired) electrons. The molecule has 2 rings (SSSR count). The lowest BCUT2D eigenvalue weighted by molar-refractivity contribution is 0.478. The normalized spacial score (nSPS) is 22.0. The molecule has 0 aromatic heterocycles. The minimum Gasteiger partial charge on any atom is -0.315 e. The molecule has 100 valence electrons. The van der Waals surface area contributed by atoms with Gasteiger partial charge in [-0.3, -0.25) is 0 Å². The topological polar surface area (TPSA) is 84.2 Å². The summed E-state index contributed by atoms with van der Waals surface area (Å²) in [7, 11) is -3.60. The predicted octanol–water partition coefficient (Wildman–Crippen LogP) is 0.347. The summed E-state index contributed by atoms with van der Waals surface area (Å²) in [5.41, 5.74) is 1.06. The SMILES string of the molecule is CC(NC1CCNC1)c1ccc(S(N)(=O)=O)cc1. The van der Waals surface area contributed by atoms with E-state index in [0.29, 0.717) is 6.04 Å². The standard InChI is InChI=1S/C12H19N3O2S/c1-9(15-11-6-7-14-8-11)10-2-4-12(5-3-10)18(13,16)17/h2-5,9,11,14-15H,6-8H2,1H3,(H2,13,16,17). The number of nitrogens with two attached hydrogens (primary N) is 1. The molecule has 1 fully saturated rings. The van der Waals surface area contributed by atoms with Crippen molar-refractivity contribution in [3.63, 3.8) is 0 Å². The van der Waals surface area contributed by atoms with Crippen LogP contribution in [0.5, 0.6) is 0 Å². The van der Waals surface area contributed by atoms with Crippen LogP contribution in [0.2, 0.25) is 0 Å². The molecule has 1 aromatic carbocycles. The third kappa shape index (κ3) is 3.29. The van der Waals surface area contributed by atoms with Crippen molar-refractivity contribution in [1.29, 1.82) is 0 Å². The maximum atomic E-state index is 11.1. The molecule has 0 aliphatic carbocycles.